The van der Waals surface area contributed by atoms with Crippen LogP contribution in [-0.4, -0.2) is 52.5 Å². The number of amides is 2. The zero-order valence-corrected chi connectivity index (χ0v) is 17.4. The van der Waals surface area contributed by atoms with E-state index < -0.39 is 24.0 Å². The average Bonchev–Trinajstić information content (AvgIpc) is 3.41. The summed E-state index contributed by atoms with van der Waals surface area (Å²) in [6.07, 6.45) is 4.34. The SMILES string of the molecule is CCC(C)C(NC(=O)C(Cc1c[nH]c2ccccc12)NC(=O)C1CCCN1)C(=O)O. The first-order chi connectivity index (χ1) is 14.4. The summed E-state index contributed by atoms with van der Waals surface area (Å²) in [5.41, 5.74) is 1.83. The van der Waals surface area contributed by atoms with Gasteiger partial charge in [0.2, 0.25) is 11.8 Å². The average molecular weight is 415 g/mol. The van der Waals surface area contributed by atoms with E-state index in [0.717, 1.165) is 35.9 Å². The van der Waals surface area contributed by atoms with Gasteiger partial charge in [-0.2, -0.15) is 0 Å². The number of rotatable bonds is 9. The molecule has 1 aliphatic heterocycles. The Morgan fingerprint density at radius 3 is 2.67 bits per heavy atom. The van der Waals surface area contributed by atoms with Crippen LogP contribution < -0.4 is 16.0 Å². The van der Waals surface area contributed by atoms with Gasteiger partial charge in [-0.15, -0.1) is 0 Å². The first kappa shape index (κ1) is 21.8. The summed E-state index contributed by atoms with van der Waals surface area (Å²) >= 11 is 0. The molecule has 8 nitrogen and oxygen atoms in total. The van der Waals surface area contributed by atoms with E-state index in [1.165, 1.54) is 0 Å². The number of nitrogens with one attached hydrogen (secondary N) is 4. The van der Waals surface area contributed by atoms with E-state index in [4.69, 9.17) is 0 Å². The van der Waals surface area contributed by atoms with Gasteiger partial charge in [0, 0.05) is 23.5 Å². The Labute approximate surface area is 175 Å². The van der Waals surface area contributed by atoms with Crippen LogP contribution in [0.15, 0.2) is 30.5 Å². The number of aromatic nitrogens is 1. The van der Waals surface area contributed by atoms with E-state index in [-0.39, 0.29) is 24.3 Å². The largest absolute Gasteiger partial charge is 0.480 e. The van der Waals surface area contributed by atoms with Crippen LogP contribution in [0.4, 0.5) is 0 Å². The molecule has 4 unspecified atom stereocenters. The number of H-pyrrole nitrogens is 1. The molecule has 1 aromatic carbocycles. The standard InChI is InChI=1S/C22H30N4O4/c1-3-13(2)19(22(29)30)26-21(28)18(25-20(27)17-9-6-10-23-17)11-14-12-24-16-8-5-4-7-15(14)16/h4-5,7-8,12-13,17-19,23-24H,3,6,9-11H2,1-2H3,(H,25,27)(H,26,28)(H,29,30). The highest BCUT2D eigenvalue weighted by molar-refractivity contribution is 5.93. The number of hydrogen-bond acceptors (Lipinski definition) is 4. The zero-order valence-electron chi connectivity index (χ0n) is 17.4. The number of aliphatic carboxylic acids is 1. The maximum Gasteiger partial charge on any atom is 0.326 e. The van der Waals surface area contributed by atoms with Crippen molar-refractivity contribution in [2.75, 3.05) is 6.54 Å². The number of carboxylic acids is 1. The quantitative estimate of drug-likeness (QED) is 0.426. The third kappa shape index (κ3) is 4.99. The van der Waals surface area contributed by atoms with Gasteiger partial charge in [-0.25, -0.2) is 4.79 Å². The van der Waals surface area contributed by atoms with Crippen molar-refractivity contribution in [2.24, 2.45) is 5.92 Å². The molecule has 162 valence electrons. The van der Waals surface area contributed by atoms with Crippen LogP contribution in [0.3, 0.4) is 0 Å². The molecule has 1 aromatic heterocycles. The Bertz CT molecular complexity index is 903. The summed E-state index contributed by atoms with van der Waals surface area (Å²) < 4.78 is 0. The topological polar surface area (TPSA) is 123 Å². The molecule has 30 heavy (non-hydrogen) atoms. The number of hydrogen-bond donors (Lipinski definition) is 5. The van der Waals surface area contributed by atoms with E-state index >= 15 is 0 Å². The molecule has 5 N–H and O–H groups in total. The summed E-state index contributed by atoms with van der Waals surface area (Å²) in [6, 6.07) is 5.53. The summed E-state index contributed by atoms with van der Waals surface area (Å²) in [5, 5.41) is 19.1. The van der Waals surface area contributed by atoms with Crippen molar-refractivity contribution >= 4 is 28.7 Å². The minimum atomic E-state index is -1.08. The van der Waals surface area contributed by atoms with Crippen LogP contribution in [-0.2, 0) is 20.8 Å². The highest BCUT2D eigenvalue weighted by Crippen LogP contribution is 2.20. The molecule has 0 radical (unpaired) electrons. The van der Waals surface area contributed by atoms with Gasteiger partial charge < -0.3 is 26.0 Å². The number of para-hydroxylation sites is 1. The number of carbonyl (C=O) groups is 3. The highest BCUT2D eigenvalue weighted by Gasteiger charge is 2.32. The Morgan fingerprint density at radius 2 is 2.00 bits per heavy atom. The molecule has 0 aliphatic carbocycles. The Balaban J connectivity index is 1.81. The maximum atomic E-state index is 13.1. The fourth-order valence-corrected chi connectivity index (χ4v) is 3.85. The van der Waals surface area contributed by atoms with Gasteiger partial charge in [0.1, 0.15) is 12.1 Å². The van der Waals surface area contributed by atoms with Gasteiger partial charge >= 0.3 is 5.97 Å². The van der Waals surface area contributed by atoms with E-state index in [1.807, 2.05) is 37.4 Å². The number of fused-ring (bicyclic) bond motifs is 1. The van der Waals surface area contributed by atoms with Crippen LogP contribution in [0.2, 0.25) is 0 Å². The summed E-state index contributed by atoms with van der Waals surface area (Å²) in [7, 11) is 0. The van der Waals surface area contributed by atoms with Crippen molar-refractivity contribution in [1.82, 2.24) is 20.9 Å². The van der Waals surface area contributed by atoms with E-state index in [2.05, 4.69) is 20.9 Å². The first-order valence-electron chi connectivity index (χ1n) is 10.5. The smallest absolute Gasteiger partial charge is 0.326 e. The van der Waals surface area contributed by atoms with E-state index in [1.54, 1.807) is 6.92 Å². The van der Waals surface area contributed by atoms with Gasteiger partial charge in [0.05, 0.1) is 6.04 Å². The second-order valence-electron chi connectivity index (χ2n) is 7.98. The first-order valence-corrected chi connectivity index (χ1v) is 10.5. The lowest BCUT2D eigenvalue weighted by atomic mass is 9.98. The lowest BCUT2D eigenvalue weighted by Crippen LogP contribution is -2.56. The molecule has 1 saturated heterocycles. The molecule has 3 rings (SSSR count). The molecular weight excluding hydrogens is 384 g/mol. The van der Waals surface area contributed by atoms with Crippen LogP contribution in [0.25, 0.3) is 10.9 Å². The molecule has 0 spiro atoms. The predicted octanol–water partition coefficient (Wildman–Crippen LogP) is 1.56. The molecule has 2 aromatic rings. The van der Waals surface area contributed by atoms with Crippen LogP contribution >= 0.6 is 0 Å². The van der Waals surface area contributed by atoms with Gasteiger partial charge in [-0.1, -0.05) is 38.5 Å². The monoisotopic (exact) mass is 414 g/mol. The number of benzene rings is 1. The number of carbonyl (C=O) groups excluding carboxylic acids is 2. The van der Waals surface area contributed by atoms with E-state index in [9.17, 15) is 19.5 Å². The van der Waals surface area contributed by atoms with E-state index in [0.29, 0.717) is 6.42 Å². The Kier molecular flexibility index (Phi) is 7.10. The van der Waals surface area contributed by atoms with Gasteiger partial charge in [-0.05, 0) is 36.9 Å². The van der Waals surface area contributed by atoms with Crippen LogP contribution in [0.1, 0.15) is 38.7 Å². The molecule has 1 fully saturated rings. The fraction of sp³-hybridized carbons (Fsp3) is 0.500. The molecule has 0 saturated carbocycles. The molecule has 2 heterocycles. The predicted molar refractivity (Wildman–Crippen MR) is 114 cm³/mol. The van der Waals surface area contributed by atoms with Crippen molar-refractivity contribution in [2.45, 2.75) is 57.7 Å². The highest BCUT2D eigenvalue weighted by atomic mass is 16.4. The van der Waals surface area contributed by atoms with Crippen molar-refractivity contribution in [3.63, 3.8) is 0 Å². The number of carboxylic acid groups (broad SMARTS) is 1. The molecule has 2 amide bonds. The van der Waals surface area contributed by atoms with Crippen molar-refractivity contribution in [3.05, 3.63) is 36.0 Å². The maximum absolute atomic E-state index is 13.1. The fourth-order valence-electron chi connectivity index (χ4n) is 3.85. The van der Waals surface area contributed by atoms with Crippen molar-refractivity contribution in [1.29, 1.82) is 0 Å². The molecule has 0 bridgehead atoms. The van der Waals surface area contributed by atoms with Gasteiger partial charge in [0.15, 0.2) is 0 Å². The number of aromatic amines is 1. The van der Waals surface area contributed by atoms with Crippen molar-refractivity contribution < 1.29 is 19.5 Å². The second kappa shape index (κ2) is 9.75. The zero-order chi connectivity index (χ0) is 21.7. The molecule has 4 atom stereocenters. The molecule has 1 aliphatic rings. The summed E-state index contributed by atoms with van der Waals surface area (Å²) in [6.45, 7) is 4.44. The Morgan fingerprint density at radius 1 is 1.23 bits per heavy atom. The summed E-state index contributed by atoms with van der Waals surface area (Å²) in [4.78, 5) is 40.6. The third-order valence-corrected chi connectivity index (χ3v) is 5.89. The van der Waals surface area contributed by atoms with Crippen LogP contribution in [0, 0.1) is 5.92 Å². The lowest BCUT2D eigenvalue weighted by molar-refractivity contribution is -0.143. The van der Waals surface area contributed by atoms with Crippen molar-refractivity contribution in [3.8, 4) is 0 Å². The molecular formula is C22H30N4O4. The summed E-state index contributed by atoms with van der Waals surface area (Å²) in [5.74, 6) is -2.03. The Hall–Kier alpha value is -2.87. The van der Waals surface area contributed by atoms with Gasteiger partial charge in [0.25, 0.3) is 0 Å². The third-order valence-electron chi connectivity index (χ3n) is 5.89. The normalized spacial score (nSPS) is 19.2. The molecule has 8 heteroatoms. The minimum absolute atomic E-state index is 0.229. The minimum Gasteiger partial charge on any atom is -0.480 e. The second-order valence-corrected chi connectivity index (χ2v) is 7.98. The van der Waals surface area contributed by atoms with Gasteiger partial charge in [-0.3, -0.25) is 9.59 Å². The lowest BCUT2D eigenvalue weighted by Gasteiger charge is -2.25. The van der Waals surface area contributed by atoms with Crippen LogP contribution in [0.5, 0.6) is 0 Å².